The van der Waals surface area contributed by atoms with E-state index in [1.807, 2.05) is 21.8 Å². The topological polar surface area (TPSA) is 53.4 Å². The lowest BCUT2D eigenvalue weighted by Gasteiger charge is -2.43. The van der Waals surface area contributed by atoms with Crippen LogP contribution in [0.1, 0.15) is 26.7 Å². The number of aromatic nitrogens is 2. The molecule has 6 nitrogen and oxygen atoms in total. The average molecular weight is 305 g/mol. The van der Waals surface area contributed by atoms with Gasteiger partial charge in [0.2, 0.25) is 0 Å². The lowest BCUT2D eigenvalue weighted by molar-refractivity contribution is -0.145. The molecule has 1 amide bonds. The summed E-state index contributed by atoms with van der Waals surface area (Å²) >= 11 is 0. The molecule has 0 unspecified atom stereocenters. The van der Waals surface area contributed by atoms with Crippen LogP contribution < -0.4 is 5.32 Å². The fourth-order valence-corrected chi connectivity index (χ4v) is 3.64. The highest BCUT2D eigenvalue weighted by molar-refractivity contribution is 5.84. The molecule has 0 aromatic carbocycles. The van der Waals surface area contributed by atoms with Crippen molar-refractivity contribution < 1.29 is 4.79 Å². The summed E-state index contributed by atoms with van der Waals surface area (Å²) in [6.45, 7) is 9.77. The second kappa shape index (κ2) is 6.38. The van der Waals surface area contributed by atoms with Crippen molar-refractivity contribution in [3.8, 4) is 0 Å². The van der Waals surface area contributed by atoms with Gasteiger partial charge in [0.1, 0.15) is 5.54 Å². The molecule has 0 bridgehead atoms. The molecule has 3 heterocycles. The Hall–Kier alpha value is -1.40. The van der Waals surface area contributed by atoms with Crippen LogP contribution in [0.15, 0.2) is 18.5 Å². The Balaban J connectivity index is 1.76. The summed E-state index contributed by atoms with van der Waals surface area (Å²) in [4.78, 5) is 17.8. The highest BCUT2D eigenvalue weighted by atomic mass is 16.2. The smallest absolute Gasteiger partial charge is 0.250 e. The number of amides is 1. The predicted molar refractivity (Wildman–Crippen MR) is 85.6 cm³/mol. The molecule has 2 fully saturated rings. The standard InChI is InChI=1S/C16H27N5O/c1-14(2)19-10-12-20(13-11-19)15(22)16(4-7-17-8-5-16)21-9-3-6-18-21/h3,6,9,14,17H,4-5,7-8,10-13H2,1-2H3. The minimum Gasteiger partial charge on any atom is -0.338 e. The average Bonchev–Trinajstić information content (AvgIpc) is 3.10. The maximum absolute atomic E-state index is 13.3. The van der Waals surface area contributed by atoms with E-state index < -0.39 is 5.54 Å². The van der Waals surface area contributed by atoms with E-state index in [2.05, 4.69) is 29.2 Å². The molecule has 0 spiro atoms. The third kappa shape index (κ3) is 2.77. The monoisotopic (exact) mass is 305 g/mol. The van der Waals surface area contributed by atoms with Gasteiger partial charge in [0.15, 0.2) is 0 Å². The third-order valence-electron chi connectivity index (χ3n) is 5.10. The molecule has 1 N–H and O–H groups in total. The summed E-state index contributed by atoms with van der Waals surface area (Å²) in [5.74, 6) is 0.251. The predicted octanol–water partition coefficient (Wildman–Crippen LogP) is 0.514. The lowest BCUT2D eigenvalue weighted by atomic mass is 9.86. The van der Waals surface area contributed by atoms with Gasteiger partial charge in [-0.3, -0.25) is 14.4 Å². The zero-order valence-corrected chi connectivity index (χ0v) is 13.7. The van der Waals surface area contributed by atoms with Crippen molar-refractivity contribution in [2.45, 2.75) is 38.3 Å². The number of nitrogens with zero attached hydrogens (tertiary/aromatic N) is 4. The van der Waals surface area contributed by atoms with Crippen molar-refractivity contribution in [1.29, 1.82) is 0 Å². The Morgan fingerprint density at radius 2 is 1.86 bits per heavy atom. The molecule has 22 heavy (non-hydrogen) atoms. The first kappa shape index (κ1) is 15.5. The maximum Gasteiger partial charge on any atom is 0.250 e. The Morgan fingerprint density at radius 1 is 1.18 bits per heavy atom. The van der Waals surface area contributed by atoms with E-state index in [-0.39, 0.29) is 5.91 Å². The Labute approximate surface area is 132 Å². The van der Waals surface area contributed by atoms with Crippen molar-refractivity contribution in [1.82, 2.24) is 24.9 Å². The van der Waals surface area contributed by atoms with Crippen LogP contribution in [-0.2, 0) is 10.3 Å². The summed E-state index contributed by atoms with van der Waals surface area (Å²) in [6.07, 6.45) is 5.34. The highest BCUT2D eigenvalue weighted by Crippen LogP contribution is 2.30. The van der Waals surface area contributed by atoms with Crippen LogP contribution in [0.2, 0.25) is 0 Å². The second-order valence-electron chi connectivity index (χ2n) is 6.65. The fraction of sp³-hybridized carbons (Fsp3) is 0.750. The van der Waals surface area contributed by atoms with Crippen LogP contribution in [0.3, 0.4) is 0 Å². The van der Waals surface area contributed by atoms with Crippen molar-refractivity contribution in [3.63, 3.8) is 0 Å². The van der Waals surface area contributed by atoms with Crippen LogP contribution in [0, 0.1) is 0 Å². The highest BCUT2D eigenvalue weighted by Gasteiger charge is 2.44. The number of hydrogen-bond donors (Lipinski definition) is 1. The number of nitrogens with one attached hydrogen (secondary N) is 1. The minimum atomic E-state index is -0.491. The van der Waals surface area contributed by atoms with E-state index >= 15 is 0 Å². The van der Waals surface area contributed by atoms with Crippen LogP contribution in [0.25, 0.3) is 0 Å². The lowest BCUT2D eigenvalue weighted by Crippen LogP contribution is -2.59. The number of rotatable bonds is 3. The number of piperazine rings is 1. The molecular weight excluding hydrogens is 278 g/mol. The molecule has 2 aliphatic rings. The molecule has 0 radical (unpaired) electrons. The number of carbonyl (C=O) groups excluding carboxylic acids is 1. The SMILES string of the molecule is CC(C)N1CCN(C(=O)C2(n3cccn3)CCNCC2)CC1. The van der Waals surface area contributed by atoms with Crippen molar-refractivity contribution in [3.05, 3.63) is 18.5 Å². The summed E-state index contributed by atoms with van der Waals surface area (Å²) in [6, 6.07) is 2.46. The van der Waals surface area contributed by atoms with Crippen molar-refractivity contribution in [2.24, 2.45) is 0 Å². The van der Waals surface area contributed by atoms with Crippen molar-refractivity contribution >= 4 is 5.91 Å². The number of hydrogen-bond acceptors (Lipinski definition) is 4. The van der Waals surface area contributed by atoms with Crippen LogP contribution in [0.4, 0.5) is 0 Å². The van der Waals surface area contributed by atoms with Gasteiger partial charge in [-0.1, -0.05) is 0 Å². The maximum atomic E-state index is 13.3. The Kier molecular flexibility index (Phi) is 4.49. The summed E-state index contributed by atoms with van der Waals surface area (Å²) < 4.78 is 1.89. The van der Waals surface area contributed by atoms with Gasteiger partial charge in [0, 0.05) is 44.6 Å². The first-order valence-electron chi connectivity index (χ1n) is 8.38. The van der Waals surface area contributed by atoms with E-state index in [0.717, 1.165) is 52.1 Å². The van der Waals surface area contributed by atoms with Gasteiger partial charge >= 0.3 is 0 Å². The van der Waals surface area contributed by atoms with E-state index in [9.17, 15) is 4.79 Å². The van der Waals surface area contributed by atoms with Crippen LogP contribution in [-0.4, -0.2) is 70.8 Å². The number of piperidine rings is 1. The second-order valence-corrected chi connectivity index (χ2v) is 6.65. The zero-order chi connectivity index (χ0) is 15.6. The van der Waals surface area contributed by atoms with Gasteiger partial charge in [-0.05, 0) is 45.8 Å². The summed E-state index contributed by atoms with van der Waals surface area (Å²) in [5, 5.41) is 7.76. The van der Waals surface area contributed by atoms with Crippen molar-refractivity contribution in [2.75, 3.05) is 39.3 Å². The molecule has 3 rings (SSSR count). The molecule has 0 atom stereocenters. The van der Waals surface area contributed by atoms with E-state index in [1.54, 1.807) is 6.20 Å². The molecule has 1 aromatic heterocycles. The van der Waals surface area contributed by atoms with E-state index in [4.69, 9.17) is 0 Å². The summed E-state index contributed by atoms with van der Waals surface area (Å²) in [7, 11) is 0. The Bertz CT molecular complexity index is 485. The summed E-state index contributed by atoms with van der Waals surface area (Å²) in [5.41, 5.74) is -0.491. The first-order valence-corrected chi connectivity index (χ1v) is 8.38. The van der Waals surface area contributed by atoms with Crippen LogP contribution in [0.5, 0.6) is 0 Å². The molecule has 6 heteroatoms. The van der Waals surface area contributed by atoms with E-state index in [0.29, 0.717) is 6.04 Å². The molecule has 0 saturated carbocycles. The quantitative estimate of drug-likeness (QED) is 0.884. The van der Waals surface area contributed by atoms with Gasteiger partial charge in [-0.25, -0.2) is 0 Å². The number of carbonyl (C=O) groups is 1. The van der Waals surface area contributed by atoms with Gasteiger partial charge < -0.3 is 10.2 Å². The van der Waals surface area contributed by atoms with Gasteiger partial charge in [0.25, 0.3) is 5.91 Å². The molecular formula is C16H27N5O. The largest absolute Gasteiger partial charge is 0.338 e. The molecule has 2 saturated heterocycles. The fourth-order valence-electron chi connectivity index (χ4n) is 3.64. The van der Waals surface area contributed by atoms with E-state index in [1.165, 1.54) is 0 Å². The van der Waals surface area contributed by atoms with Gasteiger partial charge in [-0.2, -0.15) is 5.10 Å². The normalized spacial score (nSPS) is 23.0. The third-order valence-corrected chi connectivity index (χ3v) is 5.10. The van der Waals surface area contributed by atoms with Gasteiger partial charge in [0.05, 0.1) is 0 Å². The molecule has 2 aliphatic heterocycles. The first-order chi connectivity index (χ1) is 10.6. The minimum absolute atomic E-state index is 0.251. The Morgan fingerprint density at radius 3 is 2.41 bits per heavy atom. The van der Waals surface area contributed by atoms with Gasteiger partial charge in [-0.15, -0.1) is 0 Å². The molecule has 0 aliphatic carbocycles. The molecule has 1 aromatic rings. The zero-order valence-electron chi connectivity index (χ0n) is 13.7. The van der Waals surface area contributed by atoms with Crippen LogP contribution >= 0.6 is 0 Å². The molecule has 122 valence electrons.